The number of H-pyrrole nitrogens is 1. The zero-order chi connectivity index (χ0) is 40.8. The summed E-state index contributed by atoms with van der Waals surface area (Å²) in [7, 11) is 0. The van der Waals surface area contributed by atoms with Crippen molar-refractivity contribution in [2.24, 2.45) is 17.8 Å². The highest BCUT2D eigenvalue weighted by Crippen LogP contribution is 2.38. The summed E-state index contributed by atoms with van der Waals surface area (Å²) in [6, 6.07) is 10.8. The number of aromatic nitrogens is 3. The fourth-order valence-electron chi connectivity index (χ4n) is 7.87. The number of carbonyl (C=O) groups is 3. The maximum Gasteiger partial charge on any atom is 0.331 e. The van der Waals surface area contributed by atoms with Crippen LogP contribution in [0.3, 0.4) is 0 Å². The van der Waals surface area contributed by atoms with Crippen molar-refractivity contribution in [3.05, 3.63) is 65.1 Å². The van der Waals surface area contributed by atoms with Crippen molar-refractivity contribution in [3.8, 4) is 22.9 Å². The highest BCUT2D eigenvalue weighted by molar-refractivity contribution is 7.82. The number of aromatic amines is 1. The number of benzene rings is 2. The third-order valence-corrected chi connectivity index (χ3v) is 11.2. The number of hydrogen-bond acceptors (Lipinski definition) is 10. The van der Waals surface area contributed by atoms with Gasteiger partial charge in [0.1, 0.15) is 11.7 Å². The Morgan fingerprint density at radius 2 is 1.77 bits per heavy atom. The Kier molecular flexibility index (Phi) is 13.1. The van der Waals surface area contributed by atoms with Crippen molar-refractivity contribution in [1.82, 2.24) is 19.5 Å². The van der Waals surface area contributed by atoms with E-state index in [-0.39, 0.29) is 65.5 Å². The number of amides is 1. The molecule has 16 heteroatoms. The molecule has 57 heavy (non-hydrogen) atoms. The molecule has 3 unspecified atom stereocenters. The van der Waals surface area contributed by atoms with Gasteiger partial charge in [-0.3, -0.25) is 23.9 Å². The fourth-order valence-corrected chi connectivity index (χ4v) is 8.55. The maximum atomic E-state index is 13.8. The molecule has 3 atom stereocenters. The van der Waals surface area contributed by atoms with Crippen molar-refractivity contribution in [2.45, 2.75) is 73.3 Å². The lowest BCUT2D eigenvalue weighted by atomic mass is 9.75. The number of rotatable bonds is 14. The summed E-state index contributed by atoms with van der Waals surface area (Å²) in [5, 5.41) is 3.19. The second-order valence-corrected chi connectivity index (χ2v) is 15.9. The molecular weight excluding hydrogens is 751 g/mol. The van der Waals surface area contributed by atoms with Gasteiger partial charge in [-0.1, -0.05) is 26.8 Å². The van der Waals surface area contributed by atoms with Gasteiger partial charge in [0.2, 0.25) is 11.6 Å². The summed E-state index contributed by atoms with van der Waals surface area (Å²) >= 11 is -2.11. The van der Waals surface area contributed by atoms with E-state index in [9.17, 15) is 18.6 Å². The van der Waals surface area contributed by atoms with E-state index in [2.05, 4.69) is 40.3 Å². The Morgan fingerprint density at radius 1 is 1.04 bits per heavy atom. The van der Waals surface area contributed by atoms with E-state index in [1.165, 1.54) is 6.20 Å². The van der Waals surface area contributed by atoms with Gasteiger partial charge >= 0.3 is 23.2 Å². The van der Waals surface area contributed by atoms with E-state index in [1.807, 2.05) is 25.1 Å². The summed E-state index contributed by atoms with van der Waals surface area (Å²) in [5.41, 5.74) is 3.20. The van der Waals surface area contributed by atoms with E-state index in [4.69, 9.17) is 29.9 Å². The first-order valence-electron chi connectivity index (χ1n) is 19.4. The number of fused-ring (bicyclic) bond motifs is 1. The summed E-state index contributed by atoms with van der Waals surface area (Å²) in [4.78, 5) is 49.8. The summed E-state index contributed by atoms with van der Waals surface area (Å²) < 4.78 is 41.3. The monoisotopic (exact) mass is 801 g/mol. The standard InChI is InChI=1S/C41H51N7O8S/c1-8-53-36(50)10-9-19-54-34-14-11-25(2)22-35(34)56-57(52)45-31-23-30(12-13-33(31)47-17-15-46(16-18-47)29(6)49)39-43-40-37(32(42-7)24-48(40)44-39)41(51)55-38-27(4)20-26(3)21-28(38)5/h11-14,22-24,26-28,38,45H,8-10,15-21H2,1-6H3,(H,43,44). The van der Waals surface area contributed by atoms with Crippen LogP contribution in [0.4, 0.5) is 17.1 Å². The fraction of sp³-hybridized carbons (Fsp3) is 0.488. The minimum absolute atomic E-state index is 0.00568. The van der Waals surface area contributed by atoms with Crippen molar-refractivity contribution >= 4 is 51.8 Å². The third kappa shape index (κ3) is 9.70. The Morgan fingerprint density at radius 3 is 2.46 bits per heavy atom. The molecule has 1 saturated heterocycles. The smallest absolute Gasteiger partial charge is 0.331 e. The lowest BCUT2D eigenvalue weighted by molar-refractivity contribution is -0.143. The van der Waals surface area contributed by atoms with Crippen molar-refractivity contribution in [1.29, 1.82) is 0 Å². The van der Waals surface area contributed by atoms with Gasteiger partial charge in [0.05, 0.1) is 31.2 Å². The molecule has 15 nitrogen and oxygen atoms in total. The largest absolute Gasteiger partial charge is 0.490 e. The lowest BCUT2D eigenvalue weighted by Crippen LogP contribution is -2.48. The minimum Gasteiger partial charge on any atom is -0.490 e. The molecule has 304 valence electrons. The third-order valence-electron chi connectivity index (χ3n) is 10.5. The maximum absolute atomic E-state index is 13.8. The Labute approximate surface area is 335 Å². The van der Waals surface area contributed by atoms with Crippen molar-refractivity contribution in [2.75, 3.05) is 49.0 Å². The number of ether oxygens (including phenoxy) is 3. The van der Waals surface area contributed by atoms with Crippen LogP contribution < -0.4 is 18.5 Å². The normalized spacial score (nSPS) is 20.1. The number of esters is 2. The van der Waals surface area contributed by atoms with Gasteiger partial charge in [0.15, 0.2) is 23.0 Å². The van der Waals surface area contributed by atoms with Crippen LogP contribution in [-0.2, 0) is 30.3 Å². The van der Waals surface area contributed by atoms with Gasteiger partial charge in [-0.25, -0.2) is 14.6 Å². The molecule has 6 rings (SSSR count). The second-order valence-electron chi connectivity index (χ2n) is 15.0. The number of piperazine rings is 1. The van der Waals surface area contributed by atoms with E-state index in [0.717, 1.165) is 24.1 Å². The Hall–Kier alpha value is -5.56. The van der Waals surface area contributed by atoms with Gasteiger partial charge in [-0.2, -0.15) is 4.21 Å². The van der Waals surface area contributed by atoms with Crippen LogP contribution in [0.2, 0.25) is 0 Å². The zero-order valence-corrected chi connectivity index (χ0v) is 34.1. The Balaban J connectivity index is 1.26. The van der Waals surface area contributed by atoms with Gasteiger partial charge in [-0.05, 0) is 86.8 Å². The highest BCUT2D eigenvalue weighted by atomic mass is 32.2. The average molecular weight is 802 g/mol. The molecule has 0 radical (unpaired) electrons. The predicted octanol–water partition coefficient (Wildman–Crippen LogP) is 6.88. The molecule has 0 bridgehead atoms. The summed E-state index contributed by atoms with van der Waals surface area (Å²) in [5.74, 6) is 1.09. The van der Waals surface area contributed by atoms with Crippen LogP contribution in [-0.4, -0.2) is 87.0 Å². The minimum atomic E-state index is -2.11. The molecule has 1 saturated carbocycles. The van der Waals surface area contributed by atoms with Crippen LogP contribution in [0, 0.1) is 31.2 Å². The number of hydrogen-bond donors (Lipinski definition) is 2. The zero-order valence-electron chi connectivity index (χ0n) is 33.3. The average Bonchev–Trinajstić information content (AvgIpc) is 3.74. The predicted molar refractivity (Wildman–Crippen MR) is 217 cm³/mol. The summed E-state index contributed by atoms with van der Waals surface area (Å²) in [6.45, 7) is 22.1. The van der Waals surface area contributed by atoms with E-state index in [0.29, 0.717) is 67.9 Å². The van der Waals surface area contributed by atoms with Crippen LogP contribution >= 0.6 is 0 Å². The van der Waals surface area contributed by atoms with E-state index in [1.54, 1.807) is 41.5 Å². The number of nitrogens with zero attached hydrogens (tertiary/aromatic N) is 5. The van der Waals surface area contributed by atoms with Gasteiger partial charge in [0.25, 0.3) is 0 Å². The van der Waals surface area contributed by atoms with Crippen LogP contribution in [0.25, 0.3) is 21.9 Å². The molecule has 1 amide bonds. The molecule has 2 N–H and O–H groups in total. The molecule has 1 aliphatic carbocycles. The SMILES string of the molecule is [C-]#[N+]c1cn2[nH]c(-c3ccc(N4CCN(C(C)=O)CC4)c(NS(=O)Oc4cc(C)ccc4OCCCC(=O)OCC)c3)nc2c1C(=O)OC1C(C)CC(C)CC1C. The van der Waals surface area contributed by atoms with E-state index < -0.39 is 17.2 Å². The van der Waals surface area contributed by atoms with Crippen molar-refractivity contribution in [3.63, 3.8) is 0 Å². The van der Waals surface area contributed by atoms with Crippen molar-refractivity contribution < 1.29 is 37.0 Å². The molecule has 2 aliphatic rings. The van der Waals surface area contributed by atoms with E-state index >= 15 is 0 Å². The molecular formula is C41H51N7O8S. The van der Waals surface area contributed by atoms with Crippen LogP contribution in [0.1, 0.15) is 76.2 Å². The van der Waals surface area contributed by atoms with Crippen LogP contribution in [0.5, 0.6) is 11.5 Å². The first-order chi connectivity index (χ1) is 27.3. The number of aryl methyl sites for hydroxylation is 1. The first-order valence-corrected chi connectivity index (χ1v) is 20.5. The van der Waals surface area contributed by atoms with Crippen LogP contribution in [0.15, 0.2) is 42.6 Å². The van der Waals surface area contributed by atoms with Gasteiger partial charge in [0, 0.05) is 51.3 Å². The number of anilines is 2. The van der Waals surface area contributed by atoms with Gasteiger partial charge in [-0.15, -0.1) is 0 Å². The molecule has 4 aromatic rings. The summed E-state index contributed by atoms with van der Waals surface area (Å²) in [6.07, 6.45) is 3.84. The quantitative estimate of drug-likeness (QED) is 0.0782. The second kappa shape index (κ2) is 18.1. The molecule has 0 spiro atoms. The molecule has 2 aromatic carbocycles. The molecule has 1 aliphatic heterocycles. The first kappa shape index (κ1) is 41.1. The topological polar surface area (TPSA) is 161 Å². The van der Waals surface area contributed by atoms with Gasteiger partial charge < -0.3 is 28.2 Å². The Bertz CT molecular complexity index is 2160. The number of nitrogens with one attached hydrogen (secondary N) is 2. The molecule has 2 aromatic heterocycles. The molecule has 3 heterocycles. The molecule has 2 fully saturated rings. The lowest BCUT2D eigenvalue weighted by Gasteiger charge is -2.37. The highest BCUT2D eigenvalue weighted by Gasteiger charge is 2.36. The number of carbonyl (C=O) groups excluding carboxylic acids is 3.